The van der Waals surface area contributed by atoms with Crippen molar-refractivity contribution in [1.29, 1.82) is 0 Å². The lowest BCUT2D eigenvalue weighted by molar-refractivity contribution is -0.135. The van der Waals surface area contributed by atoms with Gasteiger partial charge in [-0.15, -0.1) is 0 Å². The number of hydrogen-bond acceptors (Lipinski definition) is 5. The summed E-state index contributed by atoms with van der Waals surface area (Å²) in [6, 6.07) is 13.7. The number of aliphatic carboxylic acids is 1. The van der Waals surface area contributed by atoms with Crippen molar-refractivity contribution >= 4 is 40.3 Å². The Bertz CT molecular complexity index is 1260. The van der Waals surface area contributed by atoms with Gasteiger partial charge in [-0.1, -0.05) is 30.3 Å². The maximum absolute atomic E-state index is 13.2. The minimum Gasteiger partial charge on any atom is -0.480 e. The molecule has 1 atom stereocenters. The minimum atomic E-state index is -1.15. The number of ketones is 1. The number of nitrogens with zero attached hydrogens (tertiary/aromatic N) is 2. The highest BCUT2D eigenvalue weighted by Gasteiger charge is 2.29. The summed E-state index contributed by atoms with van der Waals surface area (Å²) in [5.74, 6) is -1.23. The summed E-state index contributed by atoms with van der Waals surface area (Å²) in [6.45, 7) is 3.37. The van der Waals surface area contributed by atoms with Crippen LogP contribution in [0, 0.1) is 0 Å². The van der Waals surface area contributed by atoms with Crippen LogP contribution in [-0.4, -0.2) is 82.3 Å². The number of carboxylic acid groups (broad SMARTS) is 1. The molecule has 3 aromatic rings. The maximum Gasteiger partial charge on any atom is 0.323 e. The van der Waals surface area contributed by atoms with Crippen LogP contribution in [0.3, 0.4) is 0 Å². The second-order valence-electron chi connectivity index (χ2n) is 8.49. The number of aromatic amines is 1. The number of para-hydroxylation sites is 1. The van der Waals surface area contributed by atoms with Crippen LogP contribution >= 0.6 is 0 Å². The number of H-pyrrole nitrogens is 1. The Kier molecular flexibility index (Phi) is 7.11. The van der Waals surface area contributed by atoms with Crippen molar-refractivity contribution in [2.24, 2.45) is 0 Å². The number of rotatable bonds is 7. The number of amides is 3. The first-order chi connectivity index (χ1) is 16.8. The Labute approximate surface area is 201 Å². The van der Waals surface area contributed by atoms with Crippen LogP contribution in [-0.2, 0) is 4.79 Å². The average Bonchev–Trinajstić information content (AvgIpc) is 3.29. The van der Waals surface area contributed by atoms with E-state index in [0.29, 0.717) is 47.4 Å². The Morgan fingerprint density at radius 3 is 2.54 bits per heavy atom. The molecule has 1 saturated heterocycles. The van der Waals surface area contributed by atoms with Crippen LogP contribution in [0.2, 0.25) is 0 Å². The molecule has 4 N–H and O–H groups in total. The summed E-state index contributed by atoms with van der Waals surface area (Å²) in [4.78, 5) is 55.5. The molecule has 10 heteroatoms. The van der Waals surface area contributed by atoms with Gasteiger partial charge in [0.05, 0.1) is 17.7 Å². The molecule has 0 saturated carbocycles. The zero-order chi connectivity index (χ0) is 24.9. The third-order valence-corrected chi connectivity index (χ3v) is 6.08. The van der Waals surface area contributed by atoms with Gasteiger partial charge in [0.25, 0.3) is 5.91 Å². The van der Waals surface area contributed by atoms with Crippen LogP contribution < -0.4 is 10.6 Å². The van der Waals surface area contributed by atoms with Crippen molar-refractivity contribution in [3.05, 3.63) is 65.9 Å². The van der Waals surface area contributed by atoms with Crippen molar-refractivity contribution in [1.82, 2.24) is 20.1 Å². The highest BCUT2D eigenvalue weighted by molar-refractivity contribution is 6.12. The van der Waals surface area contributed by atoms with E-state index in [9.17, 15) is 19.2 Å². The predicted octanol–water partition coefficient (Wildman–Crippen LogP) is 2.40. The van der Waals surface area contributed by atoms with Gasteiger partial charge in [0.15, 0.2) is 5.78 Å². The standard InChI is InChI=1S/C25H27N5O5/c1-16-14-30(24(34)17-6-3-2-4-7-17)11-10-29(16)15-21(31)19-12-26-23-18(19)8-5-9-20(23)28-25(35)27-13-22(32)33/h2-9,12,16,26H,10-11,13-15H2,1H3,(H,32,33)(H2,27,28,35). The largest absolute Gasteiger partial charge is 0.480 e. The molecule has 0 spiro atoms. The van der Waals surface area contributed by atoms with E-state index in [4.69, 9.17) is 5.11 Å². The maximum atomic E-state index is 13.2. The van der Waals surface area contributed by atoms with E-state index in [-0.39, 0.29) is 24.3 Å². The summed E-state index contributed by atoms with van der Waals surface area (Å²) >= 11 is 0. The van der Waals surface area contributed by atoms with Crippen LogP contribution in [0.25, 0.3) is 10.9 Å². The fraction of sp³-hybridized carbons (Fsp3) is 0.280. The molecule has 2 aromatic carbocycles. The normalized spacial score (nSPS) is 16.1. The molecular weight excluding hydrogens is 450 g/mol. The molecule has 0 bridgehead atoms. The number of carboxylic acids is 1. The summed E-state index contributed by atoms with van der Waals surface area (Å²) < 4.78 is 0. The summed E-state index contributed by atoms with van der Waals surface area (Å²) in [7, 11) is 0. The molecule has 0 radical (unpaired) electrons. The van der Waals surface area contributed by atoms with Crippen LogP contribution in [0.5, 0.6) is 0 Å². The van der Waals surface area contributed by atoms with Gasteiger partial charge in [0, 0.05) is 48.4 Å². The van der Waals surface area contributed by atoms with E-state index in [1.807, 2.05) is 30.0 Å². The monoisotopic (exact) mass is 477 g/mol. The van der Waals surface area contributed by atoms with Crippen molar-refractivity contribution in [3.8, 4) is 0 Å². The number of hydrogen-bond donors (Lipinski definition) is 4. The highest BCUT2D eigenvalue weighted by Crippen LogP contribution is 2.26. The van der Waals surface area contributed by atoms with Gasteiger partial charge >= 0.3 is 12.0 Å². The smallest absolute Gasteiger partial charge is 0.323 e. The van der Waals surface area contributed by atoms with Crippen molar-refractivity contribution in [2.45, 2.75) is 13.0 Å². The zero-order valence-corrected chi connectivity index (χ0v) is 19.3. The third kappa shape index (κ3) is 5.49. The number of nitrogens with one attached hydrogen (secondary N) is 3. The molecular formula is C25H27N5O5. The van der Waals surface area contributed by atoms with E-state index in [1.165, 1.54) is 0 Å². The Morgan fingerprint density at radius 1 is 1.06 bits per heavy atom. The first-order valence-electron chi connectivity index (χ1n) is 11.3. The van der Waals surface area contributed by atoms with Gasteiger partial charge in [-0.3, -0.25) is 19.3 Å². The number of piperazine rings is 1. The topological polar surface area (TPSA) is 135 Å². The summed E-state index contributed by atoms with van der Waals surface area (Å²) in [5, 5.41) is 14.2. The summed E-state index contributed by atoms with van der Waals surface area (Å²) in [5.41, 5.74) is 2.17. The molecule has 2 heterocycles. The molecule has 1 fully saturated rings. The van der Waals surface area contributed by atoms with Crippen LogP contribution in [0.15, 0.2) is 54.7 Å². The minimum absolute atomic E-state index is 0.00697. The quantitative estimate of drug-likeness (QED) is 0.386. The Morgan fingerprint density at radius 2 is 1.83 bits per heavy atom. The number of carbonyl (C=O) groups excluding carboxylic acids is 3. The second-order valence-corrected chi connectivity index (χ2v) is 8.49. The number of carbonyl (C=O) groups is 4. The van der Waals surface area contributed by atoms with Gasteiger partial charge in [0.1, 0.15) is 6.54 Å². The summed E-state index contributed by atoms with van der Waals surface area (Å²) in [6.07, 6.45) is 1.62. The molecule has 1 aliphatic rings. The lowest BCUT2D eigenvalue weighted by Gasteiger charge is -2.39. The fourth-order valence-corrected chi connectivity index (χ4v) is 4.26. The zero-order valence-electron chi connectivity index (χ0n) is 19.3. The molecule has 10 nitrogen and oxygen atoms in total. The predicted molar refractivity (Wildman–Crippen MR) is 131 cm³/mol. The molecule has 3 amide bonds. The average molecular weight is 478 g/mol. The number of urea groups is 1. The van der Waals surface area contributed by atoms with Crippen LogP contribution in [0.1, 0.15) is 27.6 Å². The van der Waals surface area contributed by atoms with Gasteiger partial charge < -0.3 is 25.6 Å². The SMILES string of the molecule is CC1CN(C(=O)c2ccccc2)CCN1CC(=O)c1c[nH]c2c(NC(=O)NCC(=O)O)cccc12. The van der Waals surface area contributed by atoms with E-state index in [2.05, 4.69) is 20.5 Å². The number of aromatic nitrogens is 1. The van der Waals surface area contributed by atoms with Gasteiger partial charge in [-0.25, -0.2) is 4.79 Å². The first-order valence-corrected chi connectivity index (χ1v) is 11.3. The van der Waals surface area contributed by atoms with Gasteiger partial charge in [0.2, 0.25) is 0 Å². The van der Waals surface area contributed by atoms with E-state index in [1.54, 1.807) is 36.5 Å². The van der Waals surface area contributed by atoms with Crippen molar-refractivity contribution < 1.29 is 24.3 Å². The molecule has 0 aliphatic carbocycles. The van der Waals surface area contributed by atoms with Crippen molar-refractivity contribution in [3.63, 3.8) is 0 Å². The number of anilines is 1. The number of fused-ring (bicyclic) bond motifs is 1. The van der Waals surface area contributed by atoms with Gasteiger partial charge in [-0.2, -0.15) is 0 Å². The lowest BCUT2D eigenvalue weighted by atomic mass is 10.1. The Hall–Kier alpha value is -4.18. The van der Waals surface area contributed by atoms with Crippen molar-refractivity contribution in [2.75, 3.05) is 38.0 Å². The lowest BCUT2D eigenvalue weighted by Crippen LogP contribution is -2.54. The van der Waals surface area contributed by atoms with E-state index < -0.39 is 18.5 Å². The molecule has 1 aromatic heterocycles. The molecule has 1 aliphatic heterocycles. The van der Waals surface area contributed by atoms with Crippen LogP contribution in [0.4, 0.5) is 10.5 Å². The van der Waals surface area contributed by atoms with E-state index >= 15 is 0 Å². The Balaban J connectivity index is 1.41. The second kappa shape index (κ2) is 10.4. The highest BCUT2D eigenvalue weighted by atomic mass is 16.4. The molecule has 4 rings (SSSR count). The number of benzene rings is 2. The fourth-order valence-electron chi connectivity index (χ4n) is 4.26. The van der Waals surface area contributed by atoms with E-state index in [0.717, 1.165) is 0 Å². The first kappa shape index (κ1) is 24.0. The molecule has 1 unspecified atom stereocenters. The molecule has 35 heavy (non-hydrogen) atoms. The third-order valence-electron chi connectivity index (χ3n) is 6.08. The van der Waals surface area contributed by atoms with Gasteiger partial charge in [-0.05, 0) is 25.1 Å². The molecule has 182 valence electrons. The number of Topliss-reactive ketones (excluding diaryl/α,β-unsaturated/α-hetero) is 1.